The molecule has 0 heterocycles. The number of carbonyl (C=O) groups is 1. The number of aryl methyl sites for hydroxylation is 1. The minimum Gasteiger partial charge on any atom is -0.322 e. The quantitative estimate of drug-likeness (QED) is 0.791. The van der Waals surface area contributed by atoms with Crippen molar-refractivity contribution in [3.8, 4) is 0 Å². The molecule has 0 bridgehead atoms. The van der Waals surface area contributed by atoms with Gasteiger partial charge in [-0.25, -0.2) is 17.5 Å². The number of anilines is 1. The molecule has 0 aliphatic heterocycles. The van der Waals surface area contributed by atoms with Gasteiger partial charge in [0.1, 0.15) is 5.82 Å². The van der Waals surface area contributed by atoms with Gasteiger partial charge in [-0.2, -0.15) is 0 Å². The Hall–Kier alpha value is -2.25. The number of nitrogens with one attached hydrogen (secondary N) is 2. The molecule has 2 rings (SSSR count). The maximum Gasteiger partial charge on any atom is 0.258 e. The minimum atomic E-state index is -3.77. The Kier molecular flexibility index (Phi) is 6.27. The molecule has 7 heteroatoms. The molecule has 5 nitrogen and oxygen atoms in total. The van der Waals surface area contributed by atoms with E-state index < -0.39 is 21.7 Å². The van der Waals surface area contributed by atoms with Crippen LogP contribution in [-0.4, -0.2) is 20.9 Å². The van der Waals surface area contributed by atoms with Gasteiger partial charge in [-0.15, -0.1) is 0 Å². The van der Waals surface area contributed by atoms with Gasteiger partial charge in [0.05, 0.1) is 10.5 Å². The van der Waals surface area contributed by atoms with E-state index in [-0.39, 0.29) is 17.0 Å². The first-order valence-electron chi connectivity index (χ1n) is 8.07. The Labute approximate surface area is 147 Å². The summed E-state index contributed by atoms with van der Waals surface area (Å²) in [6.45, 7) is 4.11. The Morgan fingerprint density at radius 3 is 2.36 bits per heavy atom. The van der Waals surface area contributed by atoms with Gasteiger partial charge in [0.25, 0.3) is 5.91 Å². The second-order valence-corrected chi connectivity index (χ2v) is 7.31. The summed E-state index contributed by atoms with van der Waals surface area (Å²) in [5, 5.41) is 2.58. The maximum absolute atomic E-state index is 14.0. The molecule has 0 aliphatic carbocycles. The normalized spacial score (nSPS) is 11.3. The molecule has 25 heavy (non-hydrogen) atoms. The zero-order valence-electron chi connectivity index (χ0n) is 14.2. The van der Waals surface area contributed by atoms with Crippen LogP contribution in [0.3, 0.4) is 0 Å². The van der Waals surface area contributed by atoms with Crippen LogP contribution in [0, 0.1) is 5.82 Å². The number of halogens is 1. The molecule has 0 atom stereocenters. The van der Waals surface area contributed by atoms with E-state index in [4.69, 9.17) is 0 Å². The summed E-state index contributed by atoms with van der Waals surface area (Å²) in [6.07, 6.45) is 1.50. The van der Waals surface area contributed by atoms with Crippen molar-refractivity contribution >= 4 is 21.6 Å². The van der Waals surface area contributed by atoms with Gasteiger partial charge in [0, 0.05) is 12.2 Å². The van der Waals surface area contributed by atoms with E-state index in [1.54, 1.807) is 12.1 Å². The van der Waals surface area contributed by atoms with Gasteiger partial charge >= 0.3 is 0 Å². The third-order valence-corrected chi connectivity index (χ3v) is 5.11. The summed E-state index contributed by atoms with van der Waals surface area (Å²) in [4.78, 5) is 12.2. The molecule has 0 saturated heterocycles. The second-order valence-electron chi connectivity index (χ2n) is 5.54. The molecule has 0 spiro atoms. The molecule has 0 unspecified atom stereocenters. The van der Waals surface area contributed by atoms with Crippen molar-refractivity contribution in [3.05, 3.63) is 59.4 Å². The van der Waals surface area contributed by atoms with Crippen LogP contribution < -0.4 is 10.0 Å². The number of hydrogen-bond donors (Lipinski definition) is 2. The van der Waals surface area contributed by atoms with Crippen molar-refractivity contribution in [3.63, 3.8) is 0 Å². The number of carbonyl (C=O) groups excluding carboxylic acids is 1. The zero-order chi connectivity index (χ0) is 18.4. The van der Waals surface area contributed by atoms with Crippen molar-refractivity contribution in [2.45, 2.75) is 31.6 Å². The van der Waals surface area contributed by atoms with Crippen LogP contribution in [0.25, 0.3) is 0 Å². The maximum atomic E-state index is 14.0. The lowest BCUT2D eigenvalue weighted by atomic mass is 10.1. The highest BCUT2D eigenvalue weighted by Crippen LogP contribution is 2.18. The highest BCUT2D eigenvalue weighted by atomic mass is 32.2. The fourth-order valence-electron chi connectivity index (χ4n) is 2.19. The van der Waals surface area contributed by atoms with Crippen LogP contribution in [-0.2, 0) is 16.4 Å². The van der Waals surface area contributed by atoms with E-state index in [2.05, 4.69) is 10.0 Å². The molecular formula is C18H21FN2O3S. The number of amides is 1. The third kappa shape index (κ3) is 4.87. The van der Waals surface area contributed by atoms with Crippen molar-refractivity contribution in [2.24, 2.45) is 0 Å². The van der Waals surface area contributed by atoms with Gasteiger partial charge in [-0.1, -0.05) is 26.0 Å². The van der Waals surface area contributed by atoms with Gasteiger partial charge in [0.2, 0.25) is 10.0 Å². The van der Waals surface area contributed by atoms with Crippen molar-refractivity contribution in [1.82, 2.24) is 4.72 Å². The van der Waals surface area contributed by atoms with Gasteiger partial charge in [0.15, 0.2) is 0 Å². The molecular weight excluding hydrogens is 343 g/mol. The zero-order valence-corrected chi connectivity index (χ0v) is 15.0. The Morgan fingerprint density at radius 1 is 1.08 bits per heavy atom. The highest BCUT2D eigenvalue weighted by molar-refractivity contribution is 7.89. The lowest BCUT2D eigenvalue weighted by molar-refractivity contribution is 0.102. The topological polar surface area (TPSA) is 75.3 Å². The first kappa shape index (κ1) is 19.1. The highest BCUT2D eigenvalue weighted by Gasteiger charge is 2.19. The molecule has 0 fully saturated rings. The monoisotopic (exact) mass is 364 g/mol. The molecule has 2 aromatic carbocycles. The number of sulfonamides is 1. The summed E-state index contributed by atoms with van der Waals surface area (Å²) >= 11 is 0. The SMILES string of the molecule is CCCNS(=O)(=O)c1ccc(F)c(C(=O)Nc2ccc(CC)cc2)c1. The van der Waals surface area contributed by atoms with E-state index in [0.29, 0.717) is 12.1 Å². The average Bonchev–Trinajstić information content (AvgIpc) is 2.60. The fraction of sp³-hybridized carbons (Fsp3) is 0.278. The minimum absolute atomic E-state index is 0.145. The summed E-state index contributed by atoms with van der Waals surface area (Å²) < 4.78 is 40.7. The molecule has 2 aromatic rings. The van der Waals surface area contributed by atoms with E-state index >= 15 is 0 Å². The van der Waals surface area contributed by atoms with Crippen LogP contribution in [0.2, 0.25) is 0 Å². The van der Waals surface area contributed by atoms with E-state index in [1.165, 1.54) is 0 Å². The van der Waals surface area contributed by atoms with Crippen molar-refractivity contribution in [1.29, 1.82) is 0 Å². The van der Waals surface area contributed by atoms with Crippen LogP contribution in [0.1, 0.15) is 36.2 Å². The van der Waals surface area contributed by atoms with Gasteiger partial charge in [-0.05, 0) is 48.7 Å². The van der Waals surface area contributed by atoms with Crippen LogP contribution in [0.15, 0.2) is 47.4 Å². The Morgan fingerprint density at radius 2 is 1.76 bits per heavy atom. The van der Waals surface area contributed by atoms with Crippen LogP contribution >= 0.6 is 0 Å². The number of rotatable bonds is 7. The lowest BCUT2D eigenvalue weighted by Gasteiger charge is -2.10. The standard InChI is InChI=1S/C18H21FN2O3S/c1-3-11-20-25(23,24)15-9-10-17(19)16(12-15)18(22)21-14-7-5-13(4-2)6-8-14/h5-10,12,20H,3-4,11H2,1-2H3,(H,21,22). The van der Waals surface area contributed by atoms with Crippen LogP contribution in [0.5, 0.6) is 0 Å². The van der Waals surface area contributed by atoms with Gasteiger partial charge in [-0.3, -0.25) is 4.79 Å². The van der Waals surface area contributed by atoms with Crippen LogP contribution in [0.4, 0.5) is 10.1 Å². The van der Waals surface area contributed by atoms with E-state index in [1.807, 2.05) is 26.0 Å². The summed E-state index contributed by atoms with van der Waals surface area (Å²) in [6, 6.07) is 10.3. The summed E-state index contributed by atoms with van der Waals surface area (Å²) in [5.74, 6) is -1.48. The van der Waals surface area contributed by atoms with Crippen molar-refractivity contribution in [2.75, 3.05) is 11.9 Å². The largest absolute Gasteiger partial charge is 0.322 e. The molecule has 0 radical (unpaired) electrons. The van der Waals surface area contributed by atoms with Crippen molar-refractivity contribution < 1.29 is 17.6 Å². The fourth-order valence-corrected chi connectivity index (χ4v) is 3.35. The number of hydrogen-bond acceptors (Lipinski definition) is 3. The first-order chi connectivity index (χ1) is 11.9. The summed E-state index contributed by atoms with van der Waals surface area (Å²) in [7, 11) is -3.77. The molecule has 0 aliphatic rings. The smallest absolute Gasteiger partial charge is 0.258 e. The third-order valence-electron chi connectivity index (χ3n) is 3.65. The number of benzene rings is 2. The molecule has 0 saturated carbocycles. The lowest BCUT2D eigenvalue weighted by Crippen LogP contribution is -2.25. The predicted molar refractivity (Wildman–Crippen MR) is 95.7 cm³/mol. The first-order valence-corrected chi connectivity index (χ1v) is 9.55. The average molecular weight is 364 g/mol. The Balaban J connectivity index is 2.25. The molecule has 134 valence electrons. The second kappa shape index (κ2) is 8.22. The molecule has 2 N–H and O–H groups in total. The Bertz CT molecular complexity index is 849. The van der Waals surface area contributed by atoms with Gasteiger partial charge < -0.3 is 5.32 Å². The molecule has 0 aromatic heterocycles. The molecule has 1 amide bonds. The summed E-state index contributed by atoms with van der Waals surface area (Å²) in [5.41, 5.74) is 1.30. The van der Waals surface area contributed by atoms with E-state index in [9.17, 15) is 17.6 Å². The predicted octanol–water partition coefficient (Wildman–Crippen LogP) is 3.33. The van der Waals surface area contributed by atoms with E-state index in [0.717, 1.165) is 30.2 Å².